The van der Waals surface area contributed by atoms with Crippen molar-refractivity contribution in [3.63, 3.8) is 0 Å². The number of hydrogen-bond donors (Lipinski definition) is 2. The summed E-state index contributed by atoms with van der Waals surface area (Å²) in [6.07, 6.45) is 2.05. The van der Waals surface area contributed by atoms with E-state index in [2.05, 4.69) is 4.72 Å². The highest BCUT2D eigenvalue weighted by Gasteiger charge is 2.41. The summed E-state index contributed by atoms with van der Waals surface area (Å²) >= 11 is 11.9. The lowest BCUT2D eigenvalue weighted by Crippen LogP contribution is -2.45. The number of nitrogen functional groups attached to an aromatic ring is 1. The highest BCUT2D eigenvalue weighted by atomic mass is 35.5. The van der Waals surface area contributed by atoms with Crippen LogP contribution in [0, 0.1) is 5.92 Å². The maximum Gasteiger partial charge on any atom is 0.244 e. The van der Waals surface area contributed by atoms with Crippen LogP contribution in [0.25, 0.3) is 0 Å². The third-order valence-corrected chi connectivity index (χ3v) is 5.88. The highest BCUT2D eigenvalue weighted by Crippen LogP contribution is 2.41. The number of nitrogens with one attached hydrogen (secondary N) is 1. The van der Waals surface area contributed by atoms with Gasteiger partial charge in [0.15, 0.2) is 0 Å². The van der Waals surface area contributed by atoms with Crippen LogP contribution in [-0.2, 0) is 10.0 Å². The minimum atomic E-state index is -3.77. The van der Waals surface area contributed by atoms with Gasteiger partial charge in [0, 0.05) is 11.2 Å². The quantitative estimate of drug-likeness (QED) is 0.837. The Morgan fingerprint density at radius 3 is 2.16 bits per heavy atom. The van der Waals surface area contributed by atoms with Crippen LogP contribution in [0.3, 0.4) is 0 Å². The fourth-order valence-corrected chi connectivity index (χ4v) is 4.83. The van der Waals surface area contributed by atoms with Gasteiger partial charge >= 0.3 is 0 Å². The first-order valence-electron chi connectivity index (χ1n) is 5.92. The van der Waals surface area contributed by atoms with Crippen molar-refractivity contribution in [2.45, 2.75) is 37.1 Å². The van der Waals surface area contributed by atoms with Crippen LogP contribution in [-0.4, -0.2) is 14.0 Å². The first-order chi connectivity index (χ1) is 8.63. The first-order valence-corrected chi connectivity index (χ1v) is 8.16. The monoisotopic (exact) mass is 322 g/mol. The number of benzene rings is 1. The van der Waals surface area contributed by atoms with Crippen molar-refractivity contribution < 1.29 is 8.42 Å². The van der Waals surface area contributed by atoms with Crippen molar-refractivity contribution in [1.82, 2.24) is 4.72 Å². The van der Waals surface area contributed by atoms with Crippen LogP contribution in [0.2, 0.25) is 10.0 Å². The number of hydrogen-bond acceptors (Lipinski definition) is 3. The maximum absolute atomic E-state index is 12.4. The maximum atomic E-state index is 12.4. The van der Waals surface area contributed by atoms with Crippen LogP contribution in [0.15, 0.2) is 17.0 Å². The van der Waals surface area contributed by atoms with Crippen molar-refractivity contribution in [2.75, 3.05) is 5.73 Å². The van der Waals surface area contributed by atoms with Crippen molar-refractivity contribution >= 4 is 38.9 Å². The molecule has 7 heteroatoms. The predicted molar refractivity (Wildman–Crippen MR) is 78.0 cm³/mol. The largest absolute Gasteiger partial charge is 0.399 e. The Bertz CT molecular complexity index is 587. The minimum absolute atomic E-state index is 0.0316. The summed E-state index contributed by atoms with van der Waals surface area (Å²) in [6, 6.07) is 2.76. The molecule has 4 nitrogen and oxygen atoms in total. The molecule has 0 unspecified atom stereocenters. The van der Waals surface area contributed by atoms with Crippen LogP contribution in [0.5, 0.6) is 0 Å². The van der Waals surface area contributed by atoms with E-state index in [-0.39, 0.29) is 14.9 Å². The van der Waals surface area contributed by atoms with Gasteiger partial charge in [-0.1, -0.05) is 23.2 Å². The molecule has 0 aromatic heterocycles. The molecule has 1 aliphatic rings. The molecule has 19 heavy (non-hydrogen) atoms. The van der Waals surface area contributed by atoms with Gasteiger partial charge in [-0.05, 0) is 44.7 Å². The Hall–Kier alpha value is -0.490. The molecule has 1 fully saturated rings. The van der Waals surface area contributed by atoms with Gasteiger partial charge in [-0.25, -0.2) is 13.1 Å². The van der Waals surface area contributed by atoms with Gasteiger partial charge in [-0.15, -0.1) is 0 Å². The molecule has 0 radical (unpaired) electrons. The van der Waals surface area contributed by atoms with Crippen LogP contribution in [0.4, 0.5) is 5.69 Å². The summed E-state index contributed by atoms with van der Waals surface area (Å²) in [5.41, 5.74) is 5.39. The highest BCUT2D eigenvalue weighted by molar-refractivity contribution is 7.89. The summed E-state index contributed by atoms with van der Waals surface area (Å²) < 4.78 is 27.5. The van der Waals surface area contributed by atoms with E-state index >= 15 is 0 Å². The van der Waals surface area contributed by atoms with Crippen LogP contribution >= 0.6 is 23.2 Å². The number of anilines is 1. The Morgan fingerprint density at radius 1 is 1.26 bits per heavy atom. The van der Waals surface area contributed by atoms with Crippen molar-refractivity contribution in [3.8, 4) is 0 Å². The minimum Gasteiger partial charge on any atom is -0.399 e. The summed E-state index contributed by atoms with van der Waals surface area (Å²) in [5.74, 6) is 0.355. The topological polar surface area (TPSA) is 72.2 Å². The second kappa shape index (κ2) is 4.81. The molecule has 1 aliphatic carbocycles. The fraction of sp³-hybridized carbons (Fsp3) is 0.500. The van der Waals surface area contributed by atoms with Gasteiger partial charge in [-0.2, -0.15) is 0 Å². The zero-order chi connectivity index (χ0) is 14.4. The van der Waals surface area contributed by atoms with Gasteiger partial charge in [0.1, 0.15) is 4.90 Å². The smallest absolute Gasteiger partial charge is 0.244 e. The fourth-order valence-electron chi connectivity index (χ4n) is 2.12. The molecule has 0 bridgehead atoms. The van der Waals surface area contributed by atoms with Crippen molar-refractivity contribution in [3.05, 3.63) is 22.2 Å². The van der Waals surface area contributed by atoms with Crippen molar-refractivity contribution in [1.29, 1.82) is 0 Å². The zero-order valence-electron chi connectivity index (χ0n) is 10.7. The first kappa shape index (κ1) is 14.9. The SMILES string of the molecule is CC(C)(NS(=O)(=O)c1c(Cl)cc(N)cc1Cl)C1CC1. The third-order valence-electron chi connectivity index (χ3n) is 3.28. The van der Waals surface area contributed by atoms with Gasteiger partial charge in [0.25, 0.3) is 0 Å². The van der Waals surface area contributed by atoms with Gasteiger partial charge < -0.3 is 5.73 Å². The van der Waals surface area contributed by atoms with E-state index in [0.717, 1.165) is 12.8 Å². The molecule has 1 aromatic rings. The van der Waals surface area contributed by atoms with Crippen LogP contribution < -0.4 is 10.5 Å². The van der Waals surface area contributed by atoms with E-state index in [1.165, 1.54) is 12.1 Å². The van der Waals surface area contributed by atoms with Crippen LogP contribution in [0.1, 0.15) is 26.7 Å². The van der Waals surface area contributed by atoms with E-state index in [4.69, 9.17) is 28.9 Å². The molecule has 1 aromatic carbocycles. The van der Waals surface area contributed by atoms with E-state index in [9.17, 15) is 8.42 Å². The Labute approximate surface area is 123 Å². The Morgan fingerprint density at radius 2 is 1.74 bits per heavy atom. The average molecular weight is 323 g/mol. The number of sulfonamides is 1. The number of rotatable bonds is 4. The van der Waals surface area contributed by atoms with Gasteiger partial charge in [0.05, 0.1) is 10.0 Å². The van der Waals surface area contributed by atoms with E-state index in [0.29, 0.717) is 11.6 Å². The number of halogens is 2. The standard InChI is InChI=1S/C12H16Cl2N2O2S/c1-12(2,7-3-4-7)16-19(17,18)11-9(13)5-8(15)6-10(11)14/h5-7,16H,3-4,15H2,1-2H3. The summed E-state index contributed by atoms with van der Waals surface area (Å²) in [5, 5.41) is 0.0631. The summed E-state index contributed by atoms with van der Waals surface area (Å²) in [4.78, 5) is -0.112. The second-order valence-electron chi connectivity index (χ2n) is 5.42. The lowest BCUT2D eigenvalue weighted by Gasteiger charge is -2.26. The Kier molecular flexibility index (Phi) is 3.77. The lowest BCUT2D eigenvalue weighted by atomic mass is 10.0. The van der Waals surface area contributed by atoms with Gasteiger partial charge in [-0.3, -0.25) is 0 Å². The van der Waals surface area contributed by atoms with E-state index in [1.807, 2.05) is 13.8 Å². The van der Waals surface area contributed by atoms with E-state index < -0.39 is 15.6 Å². The normalized spacial score (nSPS) is 16.6. The molecule has 0 spiro atoms. The molecule has 106 valence electrons. The average Bonchev–Trinajstić information content (AvgIpc) is 2.94. The molecule has 0 amide bonds. The third kappa shape index (κ3) is 3.16. The molecule has 0 saturated heterocycles. The summed E-state index contributed by atoms with van der Waals surface area (Å²) in [6.45, 7) is 3.72. The predicted octanol–water partition coefficient (Wildman–Crippen LogP) is 3.04. The molecule has 0 atom stereocenters. The van der Waals surface area contributed by atoms with E-state index in [1.54, 1.807) is 0 Å². The molecule has 2 rings (SSSR count). The lowest BCUT2D eigenvalue weighted by molar-refractivity contribution is 0.400. The van der Waals surface area contributed by atoms with Gasteiger partial charge in [0.2, 0.25) is 10.0 Å². The molecular formula is C12H16Cl2N2O2S. The Balaban J connectivity index is 2.40. The second-order valence-corrected chi connectivity index (χ2v) is 7.85. The van der Waals surface area contributed by atoms with Crippen molar-refractivity contribution in [2.24, 2.45) is 5.92 Å². The summed E-state index contributed by atoms with van der Waals surface area (Å²) in [7, 11) is -3.77. The molecule has 0 aliphatic heterocycles. The zero-order valence-corrected chi connectivity index (χ0v) is 13.0. The molecule has 0 heterocycles. The molecule has 3 N–H and O–H groups in total. The molecule has 1 saturated carbocycles. The number of nitrogens with two attached hydrogens (primary N) is 1. The molecular weight excluding hydrogens is 307 g/mol.